The smallest absolute Gasteiger partial charge is 0.113 e. The molecular weight excluding hydrogens is 237 g/mol. The Balaban J connectivity index is 3.30. The summed E-state index contributed by atoms with van der Waals surface area (Å²) >= 11 is 5.67. The topological polar surface area (TPSA) is 33.0 Å². The number of benzene rings is 1. The van der Waals surface area contributed by atoms with Gasteiger partial charge in [-0.2, -0.15) is 5.26 Å². The molecule has 1 atom stereocenters. The molecule has 1 aromatic carbocycles. The van der Waals surface area contributed by atoms with Gasteiger partial charge in [0.05, 0.1) is 6.07 Å². The van der Waals surface area contributed by atoms with Crippen LogP contribution in [0.4, 0.5) is 0 Å². The average Bonchev–Trinajstić information content (AvgIpc) is 2.30. The van der Waals surface area contributed by atoms with E-state index in [1.165, 1.54) is 0 Å². The van der Waals surface area contributed by atoms with Gasteiger partial charge in [0.2, 0.25) is 0 Å². The number of hydrogen-bond donors (Lipinski definition) is 0. The molecule has 16 heavy (non-hydrogen) atoms. The van der Waals surface area contributed by atoms with Gasteiger partial charge in [-0.05, 0) is 20.8 Å². The Morgan fingerprint density at radius 2 is 1.94 bits per heavy atom. The van der Waals surface area contributed by atoms with Crippen LogP contribution in [0.25, 0.3) is 0 Å². The van der Waals surface area contributed by atoms with Gasteiger partial charge in [0.1, 0.15) is 11.4 Å². The second-order valence-electron chi connectivity index (χ2n) is 3.98. The zero-order valence-corrected chi connectivity index (χ0v) is 11.5. The summed E-state index contributed by atoms with van der Waals surface area (Å²) in [5.74, 6) is 0. The molecule has 0 radical (unpaired) electrons. The molecule has 0 aromatic heterocycles. The molecule has 0 fully saturated rings. The van der Waals surface area contributed by atoms with E-state index in [1.54, 1.807) is 0 Å². The van der Waals surface area contributed by atoms with Crippen LogP contribution in [0.15, 0.2) is 30.3 Å². The highest BCUT2D eigenvalue weighted by atomic mass is 32.4. The summed E-state index contributed by atoms with van der Waals surface area (Å²) in [5.41, 5.74) is 0. The summed E-state index contributed by atoms with van der Waals surface area (Å²) in [6, 6.07) is 12.0. The van der Waals surface area contributed by atoms with Crippen LogP contribution in [0.3, 0.4) is 0 Å². The van der Waals surface area contributed by atoms with Gasteiger partial charge in [0.25, 0.3) is 0 Å². The van der Waals surface area contributed by atoms with Gasteiger partial charge in [0.15, 0.2) is 0 Å². The molecule has 0 saturated heterocycles. The lowest BCUT2D eigenvalue weighted by molar-refractivity contribution is 0.373. The lowest BCUT2D eigenvalue weighted by Gasteiger charge is -2.32. The van der Waals surface area contributed by atoms with Crippen LogP contribution in [0.1, 0.15) is 20.8 Å². The molecule has 0 aliphatic heterocycles. The fourth-order valence-electron chi connectivity index (χ4n) is 1.43. The van der Waals surface area contributed by atoms with Crippen molar-refractivity contribution in [3.05, 3.63) is 30.3 Å². The minimum absolute atomic E-state index is 0.539. The Morgan fingerprint density at radius 1 is 1.38 bits per heavy atom. The largest absolute Gasteiger partial charge is 0.345 e. The molecule has 1 rings (SSSR count). The predicted molar refractivity (Wildman–Crippen MR) is 71.7 cm³/mol. The van der Waals surface area contributed by atoms with E-state index in [2.05, 4.69) is 6.07 Å². The minimum atomic E-state index is -2.30. The molecule has 0 unspecified atom stereocenters. The maximum absolute atomic E-state index is 9.25. The molecule has 0 spiro atoms. The van der Waals surface area contributed by atoms with Crippen molar-refractivity contribution in [1.29, 1.82) is 5.26 Å². The first-order valence-corrected chi connectivity index (χ1v) is 7.91. The Bertz CT molecular complexity index is 436. The number of nitriles is 1. The molecule has 0 aliphatic rings. The summed E-state index contributed by atoms with van der Waals surface area (Å²) in [6.07, 6.45) is -2.30. The van der Waals surface area contributed by atoms with Gasteiger partial charge in [-0.1, -0.05) is 42.1 Å². The van der Waals surface area contributed by atoms with Gasteiger partial charge < -0.3 is 4.52 Å². The third-order valence-electron chi connectivity index (χ3n) is 2.42. The fourth-order valence-corrected chi connectivity index (χ4v) is 4.41. The van der Waals surface area contributed by atoms with Crippen molar-refractivity contribution in [2.75, 3.05) is 6.61 Å². The molecular formula is C12H16NOPS. The maximum Gasteiger partial charge on any atom is 0.113 e. The average molecular weight is 253 g/mol. The van der Waals surface area contributed by atoms with Crippen LogP contribution < -0.4 is 5.30 Å². The second kappa shape index (κ2) is 5.10. The molecule has 2 nitrogen and oxygen atoms in total. The molecule has 0 bridgehead atoms. The van der Waals surface area contributed by atoms with E-state index < -0.39 is 11.4 Å². The quantitative estimate of drug-likeness (QED) is 0.773. The Kier molecular flexibility index (Phi) is 4.27. The van der Waals surface area contributed by atoms with E-state index in [4.69, 9.17) is 16.3 Å². The third kappa shape index (κ3) is 2.35. The first-order valence-electron chi connectivity index (χ1n) is 5.19. The van der Waals surface area contributed by atoms with Gasteiger partial charge in [0, 0.05) is 11.9 Å². The summed E-state index contributed by atoms with van der Waals surface area (Å²) < 4.78 is 5.77. The highest BCUT2D eigenvalue weighted by molar-refractivity contribution is 8.16. The molecule has 0 aliphatic carbocycles. The standard InChI is InChI=1S/C12H16NOPS/c1-4-14-15(16,12(2,3)10-13)11-8-6-5-7-9-11/h5-9H,4H2,1-3H3/t15-/m1/s1. The summed E-state index contributed by atoms with van der Waals surface area (Å²) in [4.78, 5) is 0. The molecule has 1 aromatic rings. The lowest BCUT2D eigenvalue weighted by Crippen LogP contribution is -2.26. The van der Waals surface area contributed by atoms with Gasteiger partial charge in [-0.15, -0.1) is 0 Å². The minimum Gasteiger partial charge on any atom is -0.345 e. The summed E-state index contributed by atoms with van der Waals surface area (Å²) in [7, 11) is 0. The second-order valence-corrected chi connectivity index (χ2v) is 8.51. The fraction of sp³-hybridized carbons (Fsp3) is 0.417. The van der Waals surface area contributed by atoms with Crippen LogP contribution in [0.5, 0.6) is 0 Å². The van der Waals surface area contributed by atoms with Crippen molar-refractivity contribution in [2.24, 2.45) is 0 Å². The van der Waals surface area contributed by atoms with E-state index in [0.717, 1.165) is 5.30 Å². The van der Waals surface area contributed by atoms with Crippen LogP contribution in [0.2, 0.25) is 0 Å². The summed E-state index contributed by atoms with van der Waals surface area (Å²) in [6.45, 7) is 6.17. The monoisotopic (exact) mass is 253 g/mol. The third-order valence-corrected chi connectivity index (χ3v) is 7.91. The molecule has 86 valence electrons. The number of nitrogens with zero attached hydrogens (tertiary/aromatic N) is 1. The molecule has 0 saturated carbocycles. The van der Waals surface area contributed by atoms with Crippen molar-refractivity contribution in [1.82, 2.24) is 0 Å². The molecule has 0 N–H and O–H groups in total. The van der Waals surface area contributed by atoms with Crippen LogP contribution in [0, 0.1) is 11.3 Å². The van der Waals surface area contributed by atoms with Gasteiger partial charge >= 0.3 is 0 Å². The van der Waals surface area contributed by atoms with Crippen molar-refractivity contribution in [2.45, 2.75) is 25.9 Å². The molecule has 0 heterocycles. The van der Waals surface area contributed by atoms with E-state index in [0.29, 0.717) is 6.61 Å². The highest BCUT2D eigenvalue weighted by Gasteiger charge is 2.38. The van der Waals surface area contributed by atoms with E-state index in [-0.39, 0.29) is 0 Å². The van der Waals surface area contributed by atoms with E-state index in [1.807, 2.05) is 51.1 Å². The van der Waals surface area contributed by atoms with Crippen LogP contribution in [-0.4, -0.2) is 11.8 Å². The SMILES string of the molecule is CCO[P@@](=S)(c1ccccc1)C(C)(C)C#N. The van der Waals surface area contributed by atoms with Crippen molar-refractivity contribution in [3.8, 4) is 6.07 Å². The van der Waals surface area contributed by atoms with Gasteiger partial charge in [-0.25, -0.2) is 0 Å². The van der Waals surface area contributed by atoms with Crippen molar-refractivity contribution < 1.29 is 4.52 Å². The van der Waals surface area contributed by atoms with Crippen LogP contribution >= 0.6 is 6.26 Å². The molecule has 0 amide bonds. The Labute approximate surface area is 102 Å². The normalized spacial score (nSPS) is 15.1. The maximum atomic E-state index is 9.25. The summed E-state index contributed by atoms with van der Waals surface area (Å²) in [5, 5.41) is 9.58. The number of rotatable bonds is 4. The zero-order chi connectivity index (χ0) is 12.2. The zero-order valence-electron chi connectivity index (χ0n) is 9.80. The molecule has 4 heteroatoms. The van der Waals surface area contributed by atoms with E-state index >= 15 is 0 Å². The van der Waals surface area contributed by atoms with E-state index in [9.17, 15) is 5.26 Å². The Hall–Kier alpha value is -0.680. The lowest BCUT2D eigenvalue weighted by atomic mass is 10.2. The number of hydrogen-bond acceptors (Lipinski definition) is 3. The first-order chi connectivity index (χ1) is 7.48. The van der Waals surface area contributed by atoms with Gasteiger partial charge in [-0.3, -0.25) is 0 Å². The van der Waals surface area contributed by atoms with Crippen LogP contribution in [-0.2, 0) is 16.3 Å². The highest BCUT2D eigenvalue weighted by Crippen LogP contribution is 2.57. The Morgan fingerprint density at radius 3 is 2.38 bits per heavy atom. The van der Waals surface area contributed by atoms with Crippen molar-refractivity contribution >= 4 is 23.4 Å². The van der Waals surface area contributed by atoms with Crippen molar-refractivity contribution in [3.63, 3.8) is 0 Å². The predicted octanol–water partition coefficient (Wildman–Crippen LogP) is 3.05. The first kappa shape index (κ1) is 13.4.